The van der Waals surface area contributed by atoms with Gasteiger partial charge in [0.05, 0.1) is 18.2 Å². The third-order valence-electron chi connectivity index (χ3n) is 3.66. The second-order valence-electron chi connectivity index (χ2n) is 5.22. The van der Waals surface area contributed by atoms with Crippen molar-refractivity contribution >= 4 is 9.84 Å². The molecular formula is C12H17N5O2S. The van der Waals surface area contributed by atoms with E-state index in [4.69, 9.17) is 0 Å². The van der Waals surface area contributed by atoms with E-state index in [0.717, 1.165) is 37.4 Å². The highest BCUT2D eigenvalue weighted by molar-refractivity contribution is 7.90. The first-order valence-corrected chi connectivity index (χ1v) is 8.36. The van der Waals surface area contributed by atoms with E-state index in [2.05, 4.69) is 25.1 Å². The molecule has 1 aliphatic rings. The van der Waals surface area contributed by atoms with Crippen LogP contribution < -0.4 is 0 Å². The Kier molecular flexibility index (Phi) is 3.35. The first kappa shape index (κ1) is 13.3. The highest BCUT2D eigenvalue weighted by Gasteiger charge is 2.29. The van der Waals surface area contributed by atoms with Crippen molar-refractivity contribution in [2.24, 2.45) is 0 Å². The van der Waals surface area contributed by atoms with E-state index in [0.29, 0.717) is 4.90 Å². The standard InChI is InChI=1S/C12H17N5O2S/c1-20(18,19)11-5-15-16-12(11)9-2-3-17(6-9)7-10-4-13-8-14-10/h4-5,8-9H,2-3,6-7H2,1H3,(H,13,14)(H,15,16)/t9-/m1/s1. The summed E-state index contributed by atoms with van der Waals surface area (Å²) in [6.07, 6.45) is 7.03. The summed E-state index contributed by atoms with van der Waals surface area (Å²) in [5.74, 6) is 0.185. The molecule has 0 spiro atoms. The van der Waals surface area contributed by atoms with Gasteiger partial charge in [-0.05, 0) is 13.0 Å². The van der Waals surface area contributed by atoms with Crippen LogP contribution in [-0.2, 0) is 16.4 Å². The Labute approximate surface area is 117 Å². The molecule has 0 saturated carbocycles. The molecule has 0 aromatic carbocycles. The van der Waals surface area contributed by atoms with Crippen LogP contribution in [0.5, 0.6) is 0 Å². The number of aromatic nitrogens is 4. The molecule has 1 atom stereocenters. The molecule has 2 aromatic rings. The van der Waals surface area contributed by atoms with Gasteiger partial charge < -0.3 is 4.98 Å². The van der Waals surface area contributed by atoms with Gasteiger partial charge in [-0.2, -0.15) is 5.10 Å². The molecule has 3 heterocycles. The highest BCUT2D eigenvalue weighted by Crippen LogP contribution is 2.30. The summed E-state index contributed by atoms with van der Waals surface area (Å²) in [7, 11) is -3.22. The van der Waals surface area contributed by atoms with Gasteiger partial charge in [0.15, 0.2) is 9.84 Å². The summed E-state index contributed by atoms with van der Waals surface area (Å²) in [6.45, 7) is 2.56. The van der Waals surface area contributed by atoms with Gasteiger partial charge in [-0.15, -0.1) is 0 Å². The molecule has 0 radical (unpaired) electrons. The average molecular weight is 295 g/mol. The maximum atomic E-state index is 11.7. The van der Waals surface area contributed by atoms with Crippen LogP contribution >= 0.6 is 0 Å². The molecule has 2 aromatic heterocycles. The molecular weight excluding hydrogens is 278 g/mol. The van der Waals surface area contributed by atoms with Gasteiger partial charge in [-0.3, -0.25) is 10.00 Å². The Morgan fingerprint density at radius 3 is 3.00 bits per heavy atom. The lowest BCUT2D eigenvalue weighted by atomic mass is 10.1. The summed E-state index contributed by atoms with van der Waals surface area (Å²) >= 11 is 0. The summed E-state index contributed by atoms with van der Waals surface area (Å²) < 4.78 is 23.4. The van der Waals surface area contributed by atoms with Crippen LogP contribution in [0.1, 0.15) is 23.7 Å². The van der Waals surface area contributed by atoms with Crippen molar-refractivity contribution < 1.29 is 8.42 Å². The molecule has 8 heteroatoms. The number of nitrogens with zero attached hydrogens (tertiary/aromatic N) is 3. The van der Waals surface area contributed by atoms with Crippen molar-refractivity contribution in [2.45, 2.75) is 23.8 Å². The molecule has 3 rings (SSSR count). The number of sulfone groups is 1. The van der Waals surface area contributed by atoms with Gasteiger partial charge in [0, 0.05) is 37.2 Å². The molecule has 0 unspecified atom stereocenters. The Hall–Kier alpha value is -1.67. The van der Waals surface area contributed by atoms with E-state index < -0.39 is 9.84 Å². The number of hydrogen-bond donors (Lipinski definition) is 2. The first-order valence-electron chi connectivity index (χ1n) is 6.47. The predicted molar refractivity (Wildman–Crippen MR) is 72.9 cm³/mol. The second-order valence-corrected chi connectivity index (χ2v) is 7.20. The molecule has 1 aliphatic heterocycles. The van der Waals surface area contributed by atoms with Gasteiger partial charge in [0.2, 0.25) is 0 Å². The summed E-state index contributed by atoms with van der Waals surface area (Å²) in [6, 6.07) is 0. The minimum Gasteiger partial charge on any atom is -0.347 e. The van der Waals surface area contributed by atoms with Crippen LogP contribution in [-0.4, -0.2) is 52.8 Å². The fraction of sp³-hybridized carbons (Fsp3) is 0.500. The third-order valence-corrected chi connectivity index (χ3v) is 4.79. The second kappa shape index (κ2) is 5.02. The Balaban J connectivity index is 1.73. The van der Waals surface area contributed by atoms with E-state index in [1.807, 2.05) is 6.20 Å². The van der Waals surface area contributed by atoms with Crippen molar-refractivity contribution in [3.05, 3.63) is 30.1 Å². The van der Waals surface area contributed by atoms with Gasteiger partial charge in [-0.1, -0.05) is 0 Å². The lowest BCUT2D eigenvalue weighted by Gasteiger charge is -2.14. The maximum Gasteiger partial charge on any atom is 0.178 e. The molecule has 0 bridgehead atoms. The number of rotatable bonds is 4. The smallest absolute Gasteiger partial charge is 0.178 e. The van der Waals surface area contributed by atoms with Gasteiger partial charge in [0.1, 0.15) is 4.90 Å². The number of H-pyrrole nitrogens is 2. The number of likely N-dealkylation sites (tertiary alicyclic amines) is 1. The number of aromatic amines is 2. The SMILES string of the molecule is CS(=O)(=O)c1cn[nH]c1[C@@H]1CCN(Cc2cnc[nH]2)C1. The van der Waals surface area contributed by atoms with Crippen molar-refractivity contribution in [1.82, 2.24) is 25.1 Å². The van der Waals surface area contributed by atoms with E-state index in [9.17, 15) is 8.42 Å². The van der Waals surface area contributed by atoms with Gasteiger partial charge in [0.25, 0.3) is 0 Å². The third kappa shape index (κ3) is 2.61. The number of hydrogen-bond acceptors (Lipinski definition) is 5. The minimum absolute atomic E-state index is 0.185. The van der Waals surface area contributed by atoms with Crippen molar-refractivity contribution in [3.8, 4) is 0 Å². The summed E-state index contributed by atoms with van der Waals surface area (Å²) in [4.78, 5) is 9.69. The largest absolute Gasteiger partial charge is 0.347 e. The molecule has 1 fully saturated rings. The van der Waals surface area contributed by atoms with E-state index in [1.165, 1.54) is 12.5 Å². The normalized spacial score (nSPS) is 20.6. The summed E-state index contributed by atoms with van der Waals surface area (Å²) in [5, 5.41) is 6.75. The fourth-order valence-corrected chi connectivity index (χ4v) is 3.55. The molecule has 1 saturated heterocycles. The number of nitrogens with one attached hydrogen (secondary N) is 2. The average Bonchev–Trinajstić information content (AvgIpc) is 3.08. The highest BCUT2D eigenvalue weighted by atomic mass is 32.2. The van der Waals surface area contributed by atoms with Crippen LogP contribution in [0.4, 0.5) is 0 Å². The van der Waals surface area contributed by atoms with Crippen LogP contribution in [0, 0.1) is 0 Å². The van der Waals surface area contributed by atoms with E-state index >= 15 is 0 Å². The lowest BCUT2D eigenvalue weighted by molar-refractivity contribution is 0.322. The fourth-order valence-electron chi connectivity index (χ4n) is 2.70. The molecule has 0 amide bonds. The Morgan fingerprint density at radius 2 is 2.30 bits per heavy atom. The summed E-state index contributed by atoms with van der Waals surface area (Å²) in [5.41, 5.74) is 1.80. The van der Waals surface area contributed by atoms with Crippen LogP contribution in [0.25, 0.3) is 0 Å². The van der Waals surface area contributed by atoms with Gasteiger partial charge in [-0.25, -0.2) is 13.4 Å². The monoisotopic (exact) mass is 295 g/mol. The van der Waals surface area contributed by atoms with Crippen LogP contribution in [0.15, 0.2) is 23.6 Å². The topological polar surface area (TPSA) is 94.7 Å². The van der Waals surface area contributed by atoms with Crippen LogP contribution in [0.3, 0.4) is 0 Å². The van der Waals surface area contributed by atoms with Gasteiger partial charge >= 0.3 is 0 Å². The Bertz CT molecular complexity index is 677. The lowest BCUT2D eigenvalue weighted by Crippen LogP contribution is -2.20. The van der Waals surface area contributed by atoms with Crippen molar-refractivity contribution in [1.29, 1.82) is 0 Å². The molecule has 7 nitrogen and oxygen atoms in total. The molecule has 2 N–H and O–H groups in total. The van der Waals surface area contributed by atoms with Crippen molar-refractivity contribution in [3.63, 3.8) is 0 Å². The molecule has 0 aliphatic carbocycles. The van der Waals surface area contributed by atoms with Crippen LogP contribution in [0.2, 0.25) is 0 Å². The van der Waals surface area contributed by atoms with E-state index in [1.54, 1.807) is 6.33 Å². The first-order chi connectivity index (χ1) is 9.54. The Morgan fingerprint density at radius 1 is 1.45 bits per heavy atom. The maximum absolute atomic E-state index is 11.7. The zero-order valence-corrected chi connectivity index (χ0v) is 12.0. The zero-order valence-electron chi connectivity index (χ0n) is 11.2. The van der Waals surface area contributed by atoms with Crippen molar-refractivity contribution in [2.75, 3.05) is 19.3 Å². The molecule has 108 valence electrons. The predicted octanol–water partition coefficient (Wildman–Crippen LogP) is 0.526. The molecule has 20 heavy (non-hydrogen) atoms. The number of imidazole rings is 1. The minimum atomic E-state index is -3.22. The quantitative estimate of drug-likeness (QED) is 0.858. The zero-order chi connectivity index (χ0) is 14.2. The van der Waals surface area contributed by atoms with E-state index in [-0.39, 0.29) is 5.92 Å².